The van der Waals surface area contributed by atoms with E-state index in [0.717, 1.165) is 10.1 Å². The summed E-state index contributed by atoms with van der Waals surface area (Å²) in [4.78, 5) is 25.7. The molecule has 1 amide bonds. The highest BCUT2D eigenvalue weighted by molar-refractivity contribution is 7.20. The zero-order valence-corrected chi connectivity index (χ0v) is 11.4. The van der Waals surface area contributed by atoms with E-state index < -0.39 is 12.0 Å². The van der Waals surface area contributed by atoms with Crippen molar-refractivity contribution >= 4 is 33.3 Å². The summed E-state index contributed by atoms with van der Waals surface area (Å²) in [5, 5.41) is 10.2. The normalized spacial score (nSPS) is 19.2. The van der Waals surface area contributed by atoms with E-state index in [2.05, 4.69) is 0 Å². The summed E-state index contributed by atoms with van der Waals surface area (Å²) < 4.78 is 6.17. The molecule has 1 aliphatic heterocycles. The molecule has 1 aromatic carbocycles. The third-order valence-electron chi connectivity index (χ3n) is 3.31. The summed E-state index contributed by atoms with van der Waals surface area (Å²) in [7, 11) is 0. The smallest absolute Gasteiger partial charge is 0.328 e. The standard InChI is InChI=1S/C14H13NO4S/c16-13(15-5-6-19-8-10(15)14(17)18)12-7-9-3-1-2-4-11(9)20-12/h1-4,7,10H,5-6,8H2,(H,17,18)/t10-/m0/s1. The van der Waals surface area contributed by atoms with Crippen LogP contribution < -0.4 is 0 Å². The van der Waals surface area contributed by atoms with Gasteiger partial charge in [-0.2, -0.15) is 0 Å². The minimum atomic E-state index is -1.03. The molecule has 3 rings (SSSR count). The van der Waals surface area contributed by atoms with Crippen molar-refractivity contribution in [3.05, 3.63) is 35.2 Å². The highest BCUT2D eigenvalue weighted by Crippen LogP contribution is 2.27. The lowest BCUT2D eigenvalue weighted by Crippen LogP contribution is -2.52. The van der Waals surface area contributed by atoms with Crippen LogP contribution in [0.4, 0.5) is 0 Å². The number of carbonyl (C=O) groups is 2. The van der Waals surface area contributed by atoms with Crippen LogP contribution in [-0.4, -0.2) is 47.7 Å². The predicted molar refractivity (Wildman–Crippen MR) is 75.1 cm³/mol. The van der Waals surface area contributed by atoms with Gasteiger partial charge < -0.3 is 14.7 Å². The second kappa shape index (κ2) is 5.22. The van der Waals surface area contributed by atoms with E-state index in [1.165, 1.54) is 16.2 Å². The van der Waals surface area contributed by atoms with Gasteiger partial charge in [-0.05, 0) is 17.5 Å². The molecule has 0 saturated carbocycles. The SMILES string of the molecule is O=C(O)[C@@H]1COCCN1C(=O)c1cc2ccccc2s1. The Morgan fingerprint density at radius 2 is 2.15 bits per heavy atom. The van der Waals surface area contributed by atoms with E-state index in [9.17, 15) is 14.7 Å². The Hall–Kier alpha value is -1.92. The third kappa shape index (κ3) is 2.28. The van der Waals surface area contributed by atoms with E-state index in [4.69, 9.17) is 4.74 Å². The highest BCUT2D eigenvalue weighted by atomic mass is 32.1. The molecular weight excluding hydrogens is 278 g/mol. The van der Waals surface area contributed by atoms with Crippen molar-refractivity contribution < 1.29 is 19.4 Å². The van der Waals surface area contributed by atoms with Crippen LogP contribution in [0.25, 0.3) is 10.1 Å². The van der Waals surface area contributed by atoms with E-state index in [0.29, 0.717) is 18.0 Å². The van der Waals surface area contributed by atoms with Gasteiger partial charge in [-0.1, -0.05) is 18.2 Å². The molecule has 1 saturated heterocycles. The van der Waals surface area contributed by atoms with Gasteiger partial charge in [-0.25, -0.2) is 4.79 Å². The second-order valence-electron chi connectivity index (χ2n) is 4.58. The van der Waals surface area contributed by atoms with Gasteiger partial charge in [0.05, 0.1) is 18.1 Å². The number of rotatable bonds is 2. The quantitative estimate of drug-likeness (QED) is 0.916. The lowest BCUT2D eigenvalue weighted by Gasteiger charge is -2.32. The molecule has 5 nitrogen and oxygen atoms in total. The number of hydrogen-bond donors (Lipinski definition) is 1. The number of nitrogens with zero attached hydrogens (tertiary/aromatic N) is 1. The number of carbonyl (C=O) groups excluding carboxylic acids is 1. The third-order valence-corrected chi connectivity index (χ3v) is 4.41. The Balaban J connectivity index is 1.92. The van der Waals surface area contributed by atoms with Crippen LogP contribution in [0.3, 0.4) is 0 Å². The maximum Gasteiger partial charge on any atom is 0.328 e. The first-order valence-corrected chi connectivity index (χ1v) is 7.08. The van der Waals surface area contributed by atoms with Gasteiger partial charge in [0, 0.05) is 11.2 Å². The summed E-state index contributed by atoms with van der Waals surface area (Å²) in [6, 6.07) is 8.64. The summed E-state index contributed by atoms with van der Waals surface area (Å²) >= 11 is 1.39. The van der Waals surface area contributed by atoms with Gasteiger partial charge in [0.15, 0.2) is 6.04 Å². The number of amides is 1. The van der Waals surface area contributed by atoms with Gasteiger partial charge in [0.25, 0.3) is 5.91 Å². The lowest BCUT2D eigenvalue weighted by molar-refractivity contribution is -0.147. The van der Waals surface area contributed by atoms with Crippen molar-refractivity contribution in [2.75, 3.05) is 19.8 Å². The van der Waals surface area contributed by atoms with Crippen molar-refractivity contribution in [1.29, 1.82) is 0 Å². The van der Waals surface area contributed by atoms with Crippen LogP contribution in [0.15, 0.2) is 30.3 Å². The first-order valence-electron chi connectivity index (χ1n) is 6.27. The van der Waals surface area contributed by atoms with Crippen molar-refractivity contribution in [1.82, 2.24) is 4.90 Å². The zero-order valence-electron chi connectivity index (χ0n) is 10.6. The van der Waals surface area contributed by atoms with Crippen molar-refractivity contribution in [3.63, 3.8) is 0 Å². The molecule has 2 aromatic rings. The van der Waals surface area contributed by atoms with E-state index in [-0.39, 0.29) is 12.5 Å². The lowest BCUT2D eigenvalue weighted by atomic mass is 10.2. The number of benzene rings is 1. The van der Waals surface area contributed by atoms with Crippen molar-refractivity contribution in [2.24, 2.45) is 0 Å². The number of fused-ring (bicyclic) bond motifs is 1. The molecule has 20 heavy (non-hydrogen) atoms. The van der Waals surface area contributed by atoms with Gasteiger partial charge in [-0.3, -0.25) is 4.79 Å². The Morgan fingerprint density at radius 1 is 1.35 bits per heavy atom. The average molecular weight is 291 g/mol. The summed E-state index contributed by atoms with van der Waals surface area (Å²) in [5.74, 6) is -1.26. The molecule has 6 heteroatoms. The van der Waals surface area contributed by atoms with Crippen molar-refractivity contribution in [3.8, 4) is 0 Å². The molecule has 0 radical (unpaired) electrons. The van der Waals surface area contributed by atoms with Crippen molar-refractivity contribution in [2.45, 2.75) is 6.04 Å². The van der Waals surface area contributed by atoms with E-state index in [1.54, 1.807) is 0 Å². The first kappa shape index (κ1) is 13.1. The Morgan fingerprint density at radius 3 is 2.90 bits per heavy atom. The molecule has 0 spiro atoms. The maximum absolute atomic E-state index is 12.5. The molecule has 1 N–H and O–H groups in total. The largest absolute Gasteiger partial charge is 0.480 e. The fraction of sp³-hybridized carbons (Fsp3) is 0.286. The Labute approximate surface area is 119 Å². The molecular formula is C14H13NO4S. The molecule has 1 aromatic heterocycles. The summed E-state index contributed by atoms with van der Waals surface area (Å²) in [5.41, 5.74) is 0. The minimum absolute atomic E-state index is 0.0476. The van der Waals surface area contributed by atoms with Crippen LogP contribution in [0.1, 0.15) is 9.67 Å². The van der Waals surface area contributed by atoms with Crippen LogP contribution in [0, 0.1) is 0 Å². The molecule has 0 aliphatic carbocycles. The molecule has 0 unspecified atom stereocenters. The zero-order chi connectivity index (χ0) is 14.1. The number of carboxylic acids is 1. The number of morpholine rings is 1. The average Bonchev–Trinajstić information content (AvgIpc) is 2.90. The van der Waals surface area contributed by atoms with Crippen LogP contribution in [-0.2, 0) is 9.53 Å². The minimum Gasteiger partial charge on any atom is -0.480 e. The maximum atomic E-state index is 12.5. The van der Waals surface area contributed by atoms with E-state index in [1.807, 2.05) is 30.3 Å². The molecule has 2 heterocycles. The number of ether oxygens (including phenoxy) is 1. The number of carboxylic acid groups (broad SMARTS) is 1. The topological polar surface area (TPSA) is 66.8 Å². The Kier molecular flexibility index (Phi) is 3.42. The summed E-state index contributed by atoms with van der Waals surface area (Å²) in [6.07, 6.45) is 0. The van der Waals surface area contributed by atoms with Gasteiger partial charge >= 0.3 is 5.97 Å². The van der Waals surface area contributed by atoms with Crippen LogP contribution >= 0.6 is 11.3 Å². The van der Waals surface area contributed by atoms with Crippen LogP contribution in [0.2, 0.25) is 0 Å². The molecule has 1 aliphatic rings. The van der Waals surface area contributed by atoms with Crippen LogP contribution in [0.5, 0.6) is 0 Å². The Bertz CT molecular complexity index is 633. The molecule has 1 fully saturated rings. The highest BCUT2D eigenvalue weighted by Gasteiger charge is 2.33. The van der Waals surface area contributed by atoms with Gasteiger partial charge in [0.1, 0.15) is 0 Å². The van der Waals surface area contributed by atoms with Gasteiger partial charge in [-0.15, -0.1) is 11.3 Å². The fourth-order valence-corrected chi connectivity index (χ4v) is 3.30. The number of aliphatic carboxylic acids is 1. The molecule has 0 bridgehead atoms. The fourth-order valence-electron chi connectivity index (χ4n) is 2.28. The first-order chi connectivity index (χ1) is 9.66. The monoisotopic (exact) mass is 291 g/mol. The molecule has 1 atom stereocenters. The number of hydrogen-bond acceptors (Lipinski definition) is 4. The second-order valence-corrected chi connectivity index (χ2v) is 5.66. The van der Waals surface area contributed by atoms with Gasteiger partial charge in [0.2, 0.25) is 0 Å². The summed E-state index contributed by atoms with van der Waals surface area (Å²) in [6.45, 7) is 0.733. The number of thiophene rings is 1. The molecule has 104 valence electrons. The van der Waals surface area contributed by atoms with E-state index >= 15 is 0 Å². The predicted octanol–water partition coefficient (Wildman–Crippen LogP) is 1.83.